The Labute approximate surface area is 112 Å². The maximum Gasteiger partial charge on any atom is 0.236 e. The third-order valence-corrected chi connectivity index (χ3v) is 3.48. The Hall–Kier alpha value is -1.62. The summed E-state index contributed by atoms with van der Waals surface area (Å²) in [7, 11) is 0. The van der Waals surface area contributed by atoms with Crippen LogP contribution in [0.15, 0.2) is 18.2 Å². The summed E-state index contributed by atoms with van der Waals surface area (Å²) < 4.78 is 12.9. The minimum absolute atomic E-state index is 0.0750. The summed E-state index contributed by atoms with van der Waals surface area (Å²) in [6.45, 7) is 3.73. The molecule has 1 atom stereocenters. The Balaban J connectivity index is 1.89. The van der Waals surface area contributed by atoms with Crippen molar-refractivity contribution < 1.29 is 14.3 Å². The molecule has 0 spiro atoms. The van der Waals surface area contributed by atoms with Gasteiger partial charge in [-0.1, -0.05) is 6.07 Å². The Morgan fingerprint density at radius 2 is 2.16 bits per heavy atom. The van der Waals surface area contributed by atoms with Crippen LogP contribution in [0.4, 0.5) is 4.39 Å². The average molecular weight is 266 g/mol. The number of aromatic hydroxyl groups is 1. The highest BCUT2D eigenvalue weighted by Gasteiger charge is 2.19. The van der Waals surface area contributed by atoms with Crippen LogP contribution in [0.2, 0.25) is 0 Å². The van der Waals surface area contributed by atoms with Crippen molar-refractivity contribution in [2.45, 2.75) is 25.8 Å². The Morgan fingerprint density at radius 3 is 2.79 bits per heavy atom. The minimum Gasteiger partial charge on any atom is -0.508 e. The molecule has 1 saturated heterocycles. The fourth-order valence-electron chi connectivity index (χ4n) is 2.31. The number of amides is 1. The van der Waals surface area contributed by atoms with Crippen molar-refractivity contribution in [2.24, 2.45) is 0 Å². The standard InChI is InChI=1S/C14H19FN2O2/c1-10(12-5-4-11(15)8-13(12)18)16-9-14(19)17-6-2-3-7-17/h4-5,8,10,16,18H,2-3,6-7,9H2,1H3. The van der Waals surface area contributed by atoms with E-state index in [9.17, 15) is 14.3 Å². The lowest BCUT2D eigenvalue weighted by molar-refractivity contribution is -0.129. The molecule has 104 valence electrons. The highest BCUT2D eigenvalue weighted by molar-refractivity contribution is 5.78. The van der Waals surface area contributed by atoms with Gasteiger partial charge in [0.25, 0.3) is 0 Å². The van der Waals surface area contributed by atoms with Crippen LogP contribution in [0, 0.1) is 5.82 Å². The topological polar surface area (TPSA) is 52.6 Å². The van der Waals surface area contributed by atoms with E-state index in [1.165, 1.54) is 12.1 Å². The van der Waals surface area contributed by atoms with Gasteiger partial charge in [-0.25, -0.2) is 4.39 Å². The van der Waals surface area contributed by atoms with Crippen LogP contribution in [-0.2, 0) is 4.79 Å². The van der Waals surface area contributed by atoms with Gasteiger partial charge in [0.1, 0.15) is 11.6 Å². The predicted octanol–water partition coefficient (Wildman–Crippen LogP) is 1.80. The molecule has 1 aromatic carbocycles. The molecule has 19 heavy (non-hydrogen) atoms. The predicted molar refractivity (Wildman–Crippen MR) is 70.3 cm³/mol. The highest BCUT2D eigenvalue weighted by Crippen LogP contribution is 2.24. The van der Waals surface area contributed by atoms with Gasteiger partial charge < -0.3 is 15.3 Å². The van der Waals surface area contributed by atoms with Crippen molar-refractivity contribution in [3.05, 3.63) is 29.6 Å². The van der Waals surface area contributed by atoms with E-state index in [1.54, 1.807) is 0 Å². The Morgan fingerprint density at radius 1 is 1.47 bits per heavy atom. The van der Waals surface area contributed by atoms with Gasteiger partial charge in [-0.2, -0.15) is 0 Å². The molecule has 1 unspecified atom stereocenters. The SMILES string of the molecule is CC(NCC(=O)N1CCCC1)c1ccc(F)cc1O. The molecule has 5 heteroatoms. The van der Waals surface area contributed by atoms with E-state index in [1.807, 2.05) is 11.8 Å². The second-order valence-electron chi connectivity index (χ2n) is 4.89. The third kappa shape index (κ3) is 3.44. The highest BCUT2D eigenvalue weighted by atomic mass is 19.1. The van der Waals surface area contributed by atoms with Crippen LogP contribution in [0.25, 0.3) is 0 Å². The molecule has 1 amide bonds. The molecule has 0 saturated carbocycles. The monoisotopic (exact) mass is 266 g/mol. The van der Waals surface area contributed by atoms with E-state index in [0.29, 0.717) is 5.56 Å². The van der Waals surface area contributed by atoms with Crippen molar-refractivity contribution in [1.82, 2.24) is 10.2 Å². The third-order valence-electron chi connectivity index (χ3n) is 3.48. The molecule has 4 nitrogen and oxygen atoms in total. The largest absolute Gasteiger partial charge is 0.508 e. The van der Waals surface area contributed by atoms with E-state index in [2.05, 4.69) is 5.32 Å². The number of nitrogens with zero attached hydrogens (tertiary/aromatic N) is 1. The second-order valence-corrected chi connectivity index (χ2v) is 4.89. The Bertz CT molecular complexity index is 459. The molecule has 0 aromatic heterocycles. The lowest BCUT2D eigenvalue weighted by atomic mass is 10.1. The number of phenolic OH excluding ortho intramolecular Hbond substituents is 1. The summed E-state index contributed by atoms with van der Waals surface area (Å²) in [5.74, 6) is -0.485. The van der Waals surface area contributed by atoms with Gasteiger partial charge in [0.05, 0.1) is 6.54 Å². The van der Waals surface area contributed by atoms with Crippen molar-refractivity contribution in [3.8, 4) is 5.75 Å². The number of hydrogen-bond acceptors (Lipinski definition) is 3. The normalized spacial score (nSPS) is 16.6. The first kappa shape index (κ1) is 13.8. The van der Waals surface area contributed by atoms with Crippen LogP contribution in [0.3, 0.4) is 0 Å². The van der Waals surface area contributed by atoms with Crippen molar-refractivity contribution in [3.63, 3.8) is 0 Å². The van der Waals surface area contributed by atoms with Gasteiger partial charge in [-0.05, 0) is 25.8 Å². The minimum atomic E-state index is -0.471. The zero-order valence-corrected chi connectivity index (χ0v) is 11.0. The number of hydrogen-bond donors (Lipinski definition) is 2. The molecule has 1 aromatic rings. The van der Waals surface area contributed by atoms with Gasteiger partial charge in [0.15, 0.2) is 0 Å². The zero-order valence-electron chi connectivity index (χ0n) is 11.0. The lowest BCUT2D eigenvalue weighted by Crippen LogP contribution is -2.37. The van der Waals surface area contributed by atoms with Crippen LogP contribution in [-0.4, -0.2) is 35.5 Å². The first-order chi connectivity index (χ1) is 9.08. The fraction of sp³-hybridized carbons (Fsp3) is 0.500. The molecular weight excluding hydrogens is 247 g/mol. The first-order valence-electron chi connectivity index (χ1n) is 6.57. The fourth-order valence-corrected chi connectivity index (χ4v) is 2.31. The number of carbonyl (C=O) groups is 1. The summed E-state index contributed by atoms with van der Waals surface area (Å²) in [5, 5.41) is 12.7. The van der Waals surface area contributed by atoms with Crippen molar-refractivity contribution in [1.29, 1.82) is 0 Å². The van der Waals surface area contributed by atoms with Gasteiger partial charge in [-0.3, -0.25) is 4.79 Å². The van der Waals surface area contributed by atoms with E-state index < -0.39 is 5.82 Å². The van der Waals surface area contributed by atoms with Crippen LogP contribution >= 0.6 is 0 Å². The van der Waals surface area contributed by atoms with Crippen LogP contribution in [0.1, 0.15) is 31.4 Å². The lowest BCUT2D eigenvalue weighted by Gasteiger charge is -2.19. The molecule has 1 heterocycles. The van der Waals surface area contributed by atoms with Crippen molar-refractivity contribution >= 4 is 5.91 Å². The maximum absolute atomic E-state index is 12.9. The summed E-state index contributed by atoms with van der Waals surface area (Å²) in [6.07, 6.45) is 2.14. The van der Waals surface area contributed by atoms with Gasteiger partial charge in [0.2, 0.25) is 5.91 Å². The molecule has 0 radical (unpaired) electrons. The summed E-state index contributed by atoms with van der Waals surface area (Å²) >= 11 is 0. The van der Waals surface area contributed by atoms with Crippen LogP contribution < -0.4 is 5.32 Å². The molecule has 2 rings (SSSR count). The van der Waals surface area contributed by atoms with E-state index in [4.69, 9.17) is 0 Å². The summed E-state index contributed by atoms with van der Waals surface area (Å²) in [4.78, 5) is 13.7. The molecular formula is C14H19FN2O2. The number of phenols is 1. The van der Waals surface area contributed by atoms with Gasteiger partial charge >= 0.3 is 0 Å². The number of benzene rings is 1. The Kier molecular flexibility index (Phi) is 4.37. The van der Waals surface area contributed by atoms with E-state index in [0.717, 1.165) is 32.0 Å². The average Bonchev–Trinajstić information content (AvgIpc) is 2.89. The molecule has 1 aliphatic heterocycles. The molecule has 0 aliphatic carbocycles. The summed E-state index contributed by atoms with van der Waals surface area (Å²) in [5.41, 5.74) is 0.593. The van der Waals surface area contributed by atoms with E-state index >= 15 is 0 Å². The number of likely N-dealkylation sites (tertiary alicyclic amines) is 1. The molecule has 0 bridgehead atoms. The quantitative estimate of drug-likeness (QED) is 0.874. The van der Waals surface area contributed by atoms with Gasteiger partial charge in [0, 0.05) is 30.8 Å². The molecule has 1 aliphatic rings. The second kappa shape index (κ2) is 6.02. The number of nitrogens with one attached hydrogen (secondary N) is 1. The zero-order chi connectivity index (χ0) is 13.8. The number of carbonyl (C=O) groups excluding carboxylic acids is 1. The molecule has 1 fully saturated rings. The van der Waals surface area contributed by atoms with Crippen molar-refractivity contribution in [2.75, 3.05) is 19.6 Å². The number of rotatable bonds is 4. The van der Waals surface area contributed by atoms with E-state index in [-0.39, 0.29) is 24.2 Å². The number of halogens is 1. The summed E-state index contributed by atoms with van der Waals surface area (Å²) in [6, 6.07) is 3.71. The maximum atomic E-state index is 12.9. The smallest absolute Gasteiger partial charge is 0.236 e. The molecule has 2 N–H and O–H groups in total. The van der Waals surface area contributed by atoms with Gasteiger partial charge in [-0.15, -0.1) is 0 Å². The first-order valence-corrected chi connectivity index (χ1v) is 6.57. The van der Waals surface area contributed by atoms with Crippen LogP contribution in [0.5, 0.6) is 5.75 Å².